The molecule has 0 aromatic heterocycles. The first-order valence-corrected chi connectivity index (χ1v) is 6.20. The number of hydrogen-bond acceptors (Lipinski definition) is 0. The summed E-state index contributed by atoms with van der Waals surface area (Å²) in [5.74, 6) is 1.04. The van der Waals surface area contributed by atoms with Crippen LogP contribution in [-0.4, -0.2) is 0 Å². The van der Waals surface area contributed by atoms with Gasteiger partial charge in [0.05, 0.1) is 0 Å². The molecule has 0 amide bonds. The van der Waals surface area contributed by atoms with E-state index in [1.54, 1.807) is 0 Å². The molecule has 1 aliphatic rings. The Morgan fingerprint density at radius 1 is 1.24 bits per heavy atom. The van der Waals surface area contributed by atoms with Gasteiger partial charge in [0, 0.05) is 5.92 Å². The quantitative estimate of drug-likeness (QED) is 0.643. The lowest BCUT2D eigenvalue weighted by Gasteiger charge is -2.19. The van der Waals surface area contributed by atoms with Gasteiger partial charge in [-0.1, -0.05) is 67.1 Å². The molecular weight excluding hydrogens is 204 g/mol. The predicted octanol–water partition coefficient (Wildman–Crippen LogP) is 4.86. The van der Waals surface area contributed by atoms with Crippen LogP contribution in [0.3, 0.4) is 0 Å². The lowest BCUT2D eigenvalue weighted by atomic mass is 9.86. The van der Waals surface area contributed by atoms with Crippen LogP contribution < -0.4 is 0 Å². The molecule has 0 N–H and O–H groups in total. The summed E-state index contributed by atoms with van der Waals surface area (Å²) in [5.41, 5.74) is 5.36. The molecule has 0 radical (unpaired) electrons. The molecule has 0 heterocycles. The molecule has 1 aliphatic carbocycles. The highest BCUT2D eigenvalue weighted by Gasteiger charge is 2.22. The van der Waals surface area contributed by atoms with Crippen molar-refractivity contribution in [1.82, 2.24) is 0 Å². The van der Waals surface area contributed by atoms with Crippen LogP contribution in [0.15, 0.2) is 60.2 Å². The minimum atomic E-state index is 0.516. The minimum absolute atomic E-state index is 0.516. The summed E-state index contributed by atoms with van der Waals surface area (Å²) < 4.78 is 0. The smallest absolute Gasteiger partial charge is 0.00492 e. The summed E-state index contributed by atoms with van der Waals surface area (Å²) >= 11 is 0. The van der Waals surface area contributed by atoms with Crippen molar-refractivity contribution < 1.29 is 0 Å². The number of hydrogen-bond donors (Lipinski definition) is 0. The van der Waals surface area contributed by atoms with E-state index in [1.165, 1.54) is 22.3 Å². The molecule has 0 saturated heterocycles. The van der Waals surface area contributed by atoms with Gasteiger partial charge in [0.2, 0.25) is 0 Å². The van der Waals surface area contributed by atoms with Crippen molar-refractivity contribution in [2.75, 3.05) is 0 Å². The molecule has 1 aromatic carbocycles. The SMILES string of the molecule is C=C(C)C(C)C1C=C(c2ccccc2)C=C1C. The van der Waals surface area contributed by atoms with E-state index < -0.39 is 0 Å². The fraction of sp³-hybridized carbons (Fsp3) is 0.294. The molecular formula is C17H20. The molecule has 0 fully saturated rings. The van der Waals surface area contributed by atoms with Crippen LogP contribution in [-0.2, 0) is 0 Å². The van der Waals surface area contributed by atoms with Crippen molar-refractivity contribution in [2.45, 2.75) is 20.8 Å². The summed E-state index contributed by atoms with van der Waals surface area (Å²) in [4.78, 5) is 0. The zero-order chi connectivity index (χ0) is 12.4. The maximum Gasteiger partial charge on any atom is 0.00492 e. The second-order valence-corrected chi connectivity index (χ2v) is 5.04. The van der Waals surface area contributed by atoms with Crippen molar-refractivity contribution in [3.05, 3.63) is 65.8 Å². The van der Waals surface area contributed by atoms with Gasteiger partial charge in [-0.15, -0.1) is 0 Å². The molecule has 0 nitrogen and oxygen atoms in total. The molecule has 0 saturated carbocycles. The first-order valence-electron chi connectivity index (χ1n) is 6.20. The van der Waals surface area contributed by atoms with Crippen molar-refractivity contribution in [3.63, 3.8) is 0 Å². The largest absolute Gasteiger partial charge is 0.0998 e. The van der Waals surface area contributed by atoms with Crippen LogP contribution in [0.1, 0.15) is 26.3 Å². The molecule has 0 heteroatoms. The van der Waals surface area contributed by atoms with Gasteiger partial charge in [-0.3, -0.25) is 0 Å². The fourth-order valence-corrected chi connectivity index (χ4v) is 2.37. The Hall–Kier alpha value is -1.56. The first-order chi connectivity index (χ1) is 8.09. The van der Waals surface area contributed by atoms with Gasteiger partial charge in [-0.25, -0.2) is 0 Å². The number of rotatable bonds is 3. The third kappa shape index (κ3) is 2.41. The van der Waals surface area contributed by atoms with Crippen molar-refractivity contribution in [3.8, 4) is 0 Å². The molecule has 1 aromatic rings. The minimum Gasteiger partial charge on any atom is -0.0998 e. The molecule has 2 atom stereocenters. The van der Waals surface area contributed by atoms with E-state index in [4.69, 9.17) is 0 Å². The third-order valence-electron chi connectivity index (χ3n) is 3.69. The van der Waals surface area contributed by atoms with Gasteiger partial charge >= 0.3 is 0 Å². The standard InChI is InChI=1S/C17H20/c1-12(2)14(4)17-11-16(10-13(17)3)15-8-6-5-7-9-15/h5-11,14,17H,1H2,2-4H3. The predicted molar refractivity (Wildman–Crippen MR) is 75.6 cm³/mol. The van der Waals surface area contributed by atoms with Gasteiger partial charge < -0.3 is 0 Å². The number of benzene rings is 1. The second-order valence-electron chi connectivity index (χ2n) is 5.04. The molecule has 88 valence electrons. The van der Waals surface area contributed by atoms with Crippen molar-refractivity contribution in [1.29, 1.82) is 0 Å². The highest BCUT2D eigenvalue weighted by atomic mass is 14.3. The Labute approximate surface area is 104 Å². The van der Waals surface area contributed by atoms with E-state index in [-0.39, 0.29) is 0 Å². The average molecular weight is 224 g/mol. The topological polar surface area (TPSA) is 0 Å². The van der Waals surface area contributed by atoms with E-state index in [1.807, 2.05) is 0 Å². The summed E-state index contributed by atoms with van der Waals surface area (Å²) in [6.07, 6.45) is 4.68. The maximum absolute atomic E-state index is 4.08. The summed E-state index contributed by atoms with van der Waals surface area (Å²) in [5, 5.41) is 0. The number of allylic oxidation sites excluding steroid dienone is 5. The molecule has 17 heavy (non-hydrogen) atoms. The summed E-state index contributed by atoms with van der Waals surface area (Å²) in [7, 11) is 0. The zero-order valence-corrected chi connectivity index (χ0v) is 10.9. The van der Waals surface area contributed by atoms with Crippen LogP contribution >= 0.6 is 0 Å². The monoisotopic (exact) mass is 224 g/mol. The fourth-order valence-electron chi connectivity index (χ4n) is 2.37. The van der Waals surface area contributed by atoms with Gasteiger partial charge in [0.25, 0.3) is 0 Å². The average Bonchev–Trinajstić information content (AvgIpc) is 2.71. The Morgan fingerprint density at radius 2 is 1.88 bits per heavy atom. The highest BCUT2D eigenvalue weighted by Crippen LogP contribution is 2.36. The Balaban J connectivity index is 2.29. The van der Waals surface area contributed by atoms with Crippen LogP contribution in [0.5, 0.6) is 0 Å². The van der Waals surface area contributed by atoms with Crippen molar-refractivity contribution in [2.24, 2.45) is 11.8 Å². The van der Waals surface area contributed by atoms with Crippen LogP contribution in [0.2, 0.25) is 0 Å². The van der Waals surface area contributed by atoms with Gasteiger partial charge in [-0.2, -0.15) is 0 Å². The van der Waals surface area contributed by atoms with Crippen LogP contribution in [0.4, 0.5) is 0 Å². The van der Waals surface area contributed by atoms with Gasteiger partial charge in [-0.05, 0) is 30.9 Å². The molecule has 0 spiro atoms. The molecule has 2 unspecified atom stereocenters. The Kier molecular flexibility index (Phi) is 3.33. The maximum atomic E-state index is 4.08. The zero-order valence-electron chi connectivity index (χ0n) is 10.9. The van der Waals surface area contributed by atoms with E-state index in [9.17, 15) is 0 Å². The van der Waals surface area contributed by atoms with E-state index in [0.717, 1.165) is 0 Å². The first kappa shape index (κ1) is 11.9. The normalized spacial score (nSPS) is 20.8. The third-order valence-corrected chi connectivity index (χ3v) is 3.69. The molecule has 2 rings (SSSR count). The molecule has 0 bridgehead atoms. The van der Waals surface area contributed by atoms with E-state index in [2.05, 4.69) is 69.8 Å². The van der Waals surface area contributed by atoms with Crippen LogP contribution in [0.25, 0.3) is 5.57 Å². The van der Waals surface area contributed by atoms with Crippen molar-refractivity contribution >= 4 is 5.57 Å². The Bertz CT molecular complexity index is 474. The second kappa shape index (κ2) is 4.75. The van der Waals surface area contributed by atoms with Gasteiger partial charge in [0.1, 0.15) is 0 Å². The lowest BCUT2D eigenvalue weighted by molar-refractivity contribution is 0.560. The van der Waals surface area contributed by atoms with E-state index in [0.29, 0.717) is 11.8 Å². The lowest BCUT2D eigenvalue weighted by Crippen LogP contribution is -2.09. The summed E-state index contributed by atoms with van der Waals surface area (Å²) in [6, 6.07) is 10.6. The summed E-state index contributed by atoms with van der Waals surface area (Å²) in [6.45, 7) is 10.7. The van der Waals surface area contributed by atoms with E-state index >= 15 is 0 Å². The highest BCUT2D eigenvalue weighted by molar-refractivity contribution is 5.78. The van der Waals surface area contributed by atoms with Crippen LogP contribution in [0, 0.1) is 11.8 Å². The Morgan fingerprint density at radius 3 is 2.47 bits per heavy atom. The van der Waals surface area contributed by atoms with Gasteiger partial charge in [0.15, 0.2) is 0 Å². The molecule has 0 aliphatic heterocycles.